The third-order valence-corrected chi connectivity index (χ3v) is 9.18. The van der Waals surface area contributed by atoms with Crippen molar-refractivity contribution in [3.8, 4) is 11.1 Å². The van der Waals surface area contributed by atoms with E-state index in [-0.39, 0.29) is 24.0 Å². The van der Waals surface area contributed by atoms with E-state index in [9.17, 15) is 22.8 Å². The lowest BCUT2D eigenvalue weighted by Crippen LogP contribution is -2.62. The summed E-state index contributed by atoms with van der Waals surface area (Å²) in [6.45, 7) is 1.97. The Balaban J connectivity index is 1.40. The number of hydrogen-bond donors (Lipinski definition) is 3. The maximum absolute atomic E-state index is 13.5. The largest absolute Gasteiger partial charge is 0.366 e. The van der Waals surface area contributed by atoms with Crippen LogP contribution in [0.5, 0.6) is 0 Å². The number of fused-ring (bicyclic) bond motifs is 1. The molecule has 3 aromatic rings. The molecule has 10 heteroatoms. The molecular formula is C29H30N4O5S. The summed E-state index contributed by atoms with van der Waals surface area (Å²) in [6.07, 6.45) is 2.28. The van der Waals surface area contributed by atoms with Crippen LogP contribution in [0.25, 0.3) is 11.1 Å². The summed E-state index contributed by atoms with van der Waals surface area (Å²) < 4.78 is 27.8. The first-order chi connectivity index (χ1) is 18.6. The Morgan fingerprint density at radius 3 is 2.51 bits per heavy atom. The van der Waals surface area contributed by atoms with E-state index < -0.39 is 33.8 Å². The van der Waals surface area contributed by atoms with Gasteiger partial charge in [0, 0.05) is 18.7 Å². The van der Waals surface area contributed by atoms with Crippen LogP contribution in [0, 0.1) is 6.92 Å². The highest BCUT2D eigenvalue weighted by molar-refractivity contribution is 7.89. The highest BCUT2D eigenvalue weighted by Crippen LogP contribution is 2.34. The van der Waals surface area contributed by atoms with E-state index in [2.05, 4.69) is 10.6 Å². The summed E-state index contributed by atoms with van der Waals surface area (Å²) in [5, 5.41) is 5.59. The fourth-order valence-electron chi connectivity index (χ4n) is 5.25. The summed E-state index contributed by atoms with van der Waals surface area (Å²) in [7, 11) is -4.07. The van der Waals surface area contributed by atoms with Gasteiger partial charge in [-0.2, -0.15) is 4.31 Å². The number of rotatable bonds is 6. The molecule has 1 fully saturated rings. The van der Waals surface area contributed by atoms with Crippen LogP contribution in [-0.4, -0.2) is 49.6 Å². The molecule has 3 aromatic carbocycles. The fourth-order valence-corrected chi connectivity index (χ4v) is 6.80. The standard InChI is InChI=1S/C29H30N4O5S/c1-18-8-11-23(12-9-18)39(37,38)33-15-14-31-28(35)26(33)29(36)32-25-7-3-5-21-16-20(10-13-24(21)25)19-4-2-6-22(17-19)27(30)34/h2,4,6,8-13,16-17,25-26H,3,5,7,14-15H2,1H3,(H2,30,34)(H,31,35)(H,32,36)/t25-,26?/m1/s1. The molecule has 39 heavy (non-hydrogen) atoms. The number of nitrogens with zero attached hydrogens (tertiary/aromatic N) is 1. The van der Waals surface area contributed by atoms with E-state index in [1.807, 2.05) is 31.2 Å². The van der Waals surface area contributed by atoms with Crippen LogP contribution in [0.2, 0.25) is 0 Å². The summed E-state index contributed by atoms with van der Waals surface area (Å²) in [4.78, 5) is 38.0. The number of hydrogen-bond acceptors (Lipinski definition) is 5. The predicted octanol–water partition coefficient (Wildman–Crippen LogP) is 2.44. The molecule has 2 aliphatic rings. The predicted molar refractivity (Wildman–Crippen MR) is 146 cm³/mol. The van der Waals surface area contributed by atoms with Crippen LogP contribution in [0.1, 0.15) is 45.9 Å². The number of benzene rings is 3. The van der Waals surface area contributed by atoms with E-state index >= 15 is 0 Å². The molecule has 9 nitrogen and oxygen atoms in total. The van der Waals surface area contributed by atoms with Crippen molar-refractivity contribution in [2.75, 3.05) is 13.1 Å². The molecule has 1 aliphatic carbocycles. The molecular weight excluding hydrogens is 516 g/mol. The Morgan fingerprint density at radius 2 is 1.77 bits per heavy atom. The number of amides is 3. The van der Waals surface area contributed by atoms with E-state index in [1.165, 1.54) is 12.1 Å². The topological polar surface area (TPSA) is 139 Å². The molecule has 3 amide bonds. The number of primary amides is 1. The van der Waals surface area contributed by atoms with E-state index in [0.717, 1.165) is 45.0 Å². The second kappa shape index (κ2) is 10.6. The van der Waals surface area contributed by atoms with Gasteiger partial charge in [0.2, 0.25) is 27.7 Å². The first kappa shape index (κ1) is 26.6. The molecule has 202 valence electrons. The molecule has 0 radical (unpaired) electrons. The Labute approximate surface area is 227 Å². The average Bonchev–Trinajstić information content (AvgIpc) is 2.93. The van der Waals surface area contributed by atoms with Gasteiger partial charge in [0.25, 0.3) is 0 Å². The van der Waals surface area contributed by atoms with Crippen LogP contribution < -0.4 is 16.4 Å². The van der Waals surface area contributed by atoms with Gasteiger partial charge < -0.3 is 16.4 Å². The van der Waals surface area contributed by atoms with Crippen LogP contribution >= 0.6 is 0 Å². The molecule has 1 aliphatic heterocycles. The molecule has 4 N–H and O–H groups in total. The zero-order valence-electron chi connectivity index (χ0n) is 21.5. The molecule has 0 aromatic heterocycles. The second-order valence-corrected chi connectivity index (χ2v) is 11.8. The average molecular weight is 547 g/mol. The number of carbonyl (C=O) groups excluding carboxylic acids is 3. The maximum Gasteiger partial charge on any atom is 0.248 e. The minimum Gasteiger partial charge on any atom is -0.366 e. The first-order valence-corrected chi connectivity index (χ1v) is 14.3. The lowest BCUT2D eigenvalue weighted by Gasteiger charge is -2.35. The van der Waals surface area contributed by atoms with Gasteiger partial charge in [0.15, 0.2) is 6.04 Å². The number of piperazine rings is 1. The molecule has 0 saturated carbocycles. The maximum atomic E-state index is 13.5. The minimum atomic E-state index is -4.07. The van der Waals surface area contributed by atoms with Crippen LogP contribution in [0.15, 0.2) is 71.6 Å². The van der Waals surface area contributed by atoms with Crippen molar-refractivity contribution in [3.05, 3.63) is 89.0 Å². The van der Waals surface area contributed by atoms with Crippen molar-refractivity contribution in [1.82, 2.24) is 14.9 Å². The number of carbonyl (C=O) groups is 3. The molecule has 0 spiro atoms. The molecule has 1 unspecified atom stereocenters. The summed E-state index contributed by atoms with van der Waals surface area (Å²) in [5.41, 5.74) is 10.5. The zero-order valence-corrected chi connectivity index (χ0v) is 22.3. The van der Waals surface area contributed by atoms with Gasteiger partial charge in [-0.3, -0.25) is 14.4 Å². The van der Waals surface area contributed by atoms with Gasteiger partial charge in [-0.05, 0) is 72.7 Å². The molecule has 1 saturated heterocycles. The minimum absolute atomic E-state index is 0.00494. The lowest BCUT2D eigenvalue weighted by molar-refractivity contribution is -0.137. The molecule has 5 rings (SSSR count). The number of sulfonamides is 1. The zero-order chi connectivity index (χ0) is 27.7. The van der Waals surface area contributed by atoms with Crippen LogP contribution in [0.3, 0.4) is 0 Å². The first-order valence-electron chi connectivity index (χ1n) is 12.8. The second-order valence-electron chi connectivity index (χ2n) is 9.93. The quantitative estimate of drug-likeness (QED) is 0.408. The van der Waals surface area contributed by atoms with Crippen molar-refractivity contribution in [2.24, 2.45) is 5.73 Å². The normalized spacial score (nSPS) is 19.6. The van der Waals surface area contributed by atoms with E-state index in [4.69, 9.17) is 5.73 Å². The molecule has 0 bridgehead atoms. The van der Waals surface area contributed by atoms with Gasteiger partial charge in [-0.25, -0.2) is 8.42 Å². The highest BCUT2D eigenvalue weighted by Gasteiger charge is 2.43. The van der Waals surface area contributed by atoms with E-state index in [0.29, 0.717) is 12.0 Å². The van der Waals surface area contributed by atoms with Crippen molar-refractivity contribution in [2.45, 2.75) is 43.2 Å². The Hall–Kier alpha value is -4.02. The van der Waals surface area contributed by atoms with Crippen molar-refractivity contribution in [1.29, 1.82) is 0 Å². The van der Waals surface area contributed by atoms with Gasteiger partial charge >= 0.3 is 0 Å². The summed E-state index contributed by atoms with van der Waals surface area (Å²) >= 11 is 0. The fraction of sp³-hybridized carbons (Fsp3) is 0.276. The Bertz CT molecular complexity index is 1550. The summed E-state index contributed by atoms with van der Waals surface area (Å²) in [6, 6.07) is 17.5. The van der Waals surface area contributed by atoms with Gasteiger partial charge in [0.05, 0.1) is 10.9 Å². The van der Waals surface area contributed by atoms with E-state index in [1.54, 1.807) is 30.3 Å². The van der Waals surface area contributed by atoms with Crippen molar-refractivity contribution >= 4 is 27.7 Å². The number of nitrogens with two attached hydrogens (primary N) is 1. The smallest absolute Gasteiger partial charge is 0.248 e. The third kappa shape index (κ3) is 5.30. The molecule has 2 atom stereocenters. The lowest BCUT2D eigenvalue weighted by atomic mass is 9.85. The number of aryl methyl sites for hydroxylation is 2. The summed E-state index contributed by atoms with van der Waals surface area (Å²) in [5.74, 6) is -1.79. The molecule has 1 heterocycles. The van der Waals surface area contributed by atoms with Crippen molar-refractivity contribution in [3.63, 3.8) is 0 Å². The Kier molecular flexibility index (Phi) is 7.24. The van der Waals surface area contributed by atoms with Gasteiger partial charge in [-0.15, -0.1) is 0 Å². The number of nitrogens with one attached hydrogen (secondary N) is 2. The SMILES string of the molecule is Cc1ccc(S(=O)(=O)N2CCNC(=O)C2C(=O)N[C@@H]2CCCc3cc(-c4cccc(C(N)=O)c4)ccc32)cc1. The monoisotopic (exact) mass is 546 g/mol. The van der Waals surface area contributed by atoms with Crippen LogP contribution in [0.4, 0.5) is 0 Å². The highest BCUT2D eigenvalue weighted by atomic mass is 32.2. The van der Waals surface area contributed by atoms with Gasteiger partial charge in [0.1, 0.15) is 0 Å². The van der Waals surface area contributed by atoms with Crippen LogP contribution in [-0.2, 0) is 26.0 Å². The third-order valence-electron chi connectivity index (χ3n) is 7.30. The van der Waals surface area contributed by atoms with Crippen molar-refractivity contribution < 1.29 is 22.8 Å². The Morgan fingerprint density at radius 1 is 1.03 bits per heavy atom. The van der Waals surface area contributed by atoms with Gasteiger partial charge in [-0.1, -0.05) is 48.0 Å².